The molecule has 0 saturated heterocycles. The quantitative estimate of drug-likeness (QED) is 0.652. The van der Waals surface area contributed by atoms with E-state index >= 15 is 0 Å². The normalized spacial score (nSPS) is 10.6. The van der Waals surface area contributed by atoms with Gasteiger partial charge in [0, 0.05) is 11.6 Å². The van der Waals surface area contributed by atoms with E-state index in [9.17, 15) is 14.7 Å². The van der Waals surface area contributed by atoms with Gasteiger partial charge in [0.15, 0.2) is 5.56 Å². The first-order valence-electron chi connectivity index (χ1n) is 8.60. The number of nitrogens with one attached hydrogen (secondary N) is 1. The molecular formula is C20H20N4O4. The number of hydrogen-bond acceptors (Lipinski definition) is 5. The molecule has 3 rings (SSSR count). The number of rotatable bonds is 5. The van der Waals surface area contributed by atoms with Crippen molar-refractivity contribution < 1.29 is 19.2 Å². The van der Waals surface area contributed by atoms with Crippen LogP contribution in [0.4, 0.5) is 5.88 Å². The van der Waals surface area contributed by atoms with Crippen LogP contribution in [0.15, 0.2) is 46.5 Å². The van der Waals surface area contributed by atoms with Crippen LogP contribution in [0, 0.1) is 13.8 Å². The molecule has 0 unspecified atom stereocenters. The molecule has 28 heavy (non-hydrogen) atoms. The zero-order chi connectivity index (χ0) is 20.4. The Hall–Kier alpha value is -3.68. The van der Waals surface area contributed by atoms with Gasteiger partial charge in [-0.25, -0.2) is 9.48 Å². The summed E-state index contributed by atoms with van der Waals surface area (Å²) in [6.45, 7) is 7.11. The SMILES string of the molecule is CC(C)=CC(=O)Nc1onc(-c2c(C)nn(-c3ccccc3)c2C)c1C(=O)O. The number of aromatic nitrogens is 3. The predicted octanol–water partition coefficient (Wildman–Crippen LogP) is 3.75. The van der Waals surface area contributed by atoms with E-state index in [0.717, 1.165) is 11.3 Å². The third-order valence-corrected chi connectivity index (χ3v) is 4.09. The van der Waals surface area contributed by atoms with E-state index in [-0.39, 0.29) is 17.1 Å². The molecule has 2 N–H and O–H groups in total. The second-order valence-electron chi connectivity index (χ2n) is 6.54. The molecule has 0 aliphatic rings. The van der Waals surface area contributed by atoms with Crippen LogP contribution in [-0.4, -0.2) is 31.9 Å². The Kier molecular flexibility index (Phi) is 5.12. The van der Waals surface area contributed by atoms with Gasteiger partial charge < -0.3 is 9.63 Å². The van der Waals surface area contributed by atoms with Gasteiger partial charge in [0.05, 0.1) is 17.1 Å². The number of amides is 1. The highest BCUT2D eigenvalue weighted by Crippen LogP contribution is 2.34. The summed E-state index contributed by atoms with van der Waals surface area (Å²) in [7, 11) is 0. The summed E-state index contributed by atoms with van der Waals surface area (Å²) in [6.07, 6.45) is 1.34. The minimum Gasteiger partial charge on any atom is -0.477 e. The molecule has 0 aliphatic heterocycles. The molecule has 0 radical (unpaired) electrons. The zero-order valence-electron chi connectivity index (χ0n) is 16.0. The number of carboxylic acid groups (broad SMARTS) is 1. The summed E-state index contributed by atoms with van der Waals surface area (Å²) in [5.41, 5.74) is 3.37. The number of carbonyl (C=O) groups is 2. The van der Waals surface area contributed by atoms with Crippen molar-refractivity contribution in [3.63, 3.8) is 0 Å². The average molecular weight is 380 g/mol. The topological polar surface area (TPSA) is 110 Å². The molecule has 8 heteroatoms. The smallest absolute Gasteiger partial charge is 0.343 e. The summed E-state index contributed by atoms with van der Waals surface area (Å²) < 4.78 is 6.87. The molecule has 3 aromatic rings. The van der Waals surface area contributed by atoms with Crippen LogP contribution in [0.2, 0.25) is 0 Å². The van der Waals surface area contributed by atoms with E-state index in [1.807, 2.05) is 37.3 Å². The molecule has 8 nitrogen and oxygen atoms in total. The molecule has 0 fully saturated rings. The number of aromatic carboxylic acids is 1. The molecule has 0 aliphatic carbocycles. The Morgan fingerprint density at radius 2 is 1.86 bits per heavy atom. The van der Waals surface area contributed by atoms with Crippen LogP contribution in [0.1, 0.15) is 35.6 Å². The van der Waals surface area contributed by atoms with Crippen LogP contribution >= 0.6 is 0 Å². The monoisotopic (exact) mass is 380 g/mol. The fourth-order valence-corrected chi connectivity index (χ4v) is 2.96. The Balaban J connectivity index is 2.10. The lowest BCUT2D eigenvalue weighted by Gasteiger charge is -2.04. The molecule has 0 spiro atoms. The van der Waals surface area contributed by atoms with E-state index in [2.05, 4.69) is 15.6 Å². The summed E-state index contributed by atoms with van der Waals surface area (Å²) in [6, 6.07) is 9.48. The van der Waals surface area contributed by atoms with E-state index in [1.165, 1.54) is 6.08 Å². The number of aryl methyl sites for hydroxylation is 1. The second kappa shape index (κ2) is 7.51. The van der Waals surface area contributed by atoms with E-state index < -0.39 is 11.9 Å². The molecule has 0 atom stereocenters. The number of hydrogen-bond donors (Lipinski definition) is 2. The van der Waals surface area contributed by atoms with E-state index in [1.54, 1.807) is 25.5 Å². The molecule has 0 saturated carbocycles. The van der Waals surface area contributed by atoms with Crippen molar-refractivity contribution in [3.8, 4) is 16.9 Å². The fourth-order valence-electron chi connectivity index (χ4n) is 2.96. The minimum atomic E-state index is -1.25. The standard InChI is InChI=1S/C20H20N4O4/c1-11(2)10-15(25)21-19-17(20(26)27)18(23-28-19)16-12(3)22-24(13(16)4)14-8-6-5-7-9-14/h5-10H,1-4H3,(H,21,25)(H,26,27). The first-order valence-corrected chi connectivity index (χ1v) is 8.60. The van der Waals surface area contributed by atoms with Crippen molar-refractivity contribution in [1.29, 1.82) is 0 Å². The zero-order valence-corrected chi connectivity index (χ0v) is 16.0. The lowest BCUT2D eigenvalue weighted by atomic mass is 10.1. The van der Waals surface area contributed by atoms with Crippen molar-refractivity contribution in [2.45, 2.75) is 27.7 Å². The number of carboxylic acids is 1. The molecule has 0 bridgehead atoms. The molecule has 2 heterocycles. The average Bonchev–Trinajstić information content (AvgIpc) is 3.15. The first-order chi connectivity index (χ1) is 13.3. The number of nitrogens with zero attached hydrogens (tertiary/aromatic N) is 3. The fraction of sp³-hybridized carbons (Fsp3) is 0.200. The van der Waals surface area contributed by atoms with Gasteiger partial charge in [-0.1, -0.05) is 28.9 Å². The van der Waals surface area contributed by atoms with E-state index in [4.69, 9.17) is 4.52 Å². The summed E-state index contributed by atoms with van der Waals surface area (Å²) >= 11 is 0. The van der Waals surface area contributed by atoms with Gasteiger partial charge in [-0.15, -0.1) is 0 Å². The van der Waals surface area contributed by atoms with Gasteiger partial charge in [0.1, 0.15) is 5.69 Å². The third-order valence-electron chi connectivity index (χ3n) is 4.09. The van der Waals surface area contributed by atoms with Gasteiger partial charge in [-0.2, -0.15) is 5.10 Å². The maximum Gasteiger partial charge on any atom is 0.343 e. The van der Waals surface area contributed by atoms with Crippen LogP contribution in [-0.2, 0) is 4.79 Å². The number of para-hydroxylation sites is 1. The van der Waals surface area contributed by atoms with Crippen LogP contribution < -0.4 is 5.32 Å². The van der Waals surface area contributed by atoms with Crippen molar-refractivity contribution in [1.82, 2.24) is 14.9 Å². The van der Waals surface area contributed by atoms with Crippen molar-refractivity contribution in [2.75, 3.05) is 5.32 Å². The molecule has 1 aromatic carbocycles. The number of carbonyl (C=O) groups excluding carboxylic acids is 1. The molecule has 2 aromatic heterocycles. The molecule has 144 valence electrons. The van der Waals surface area contributed by atoms with Gasteiger partial charge in [-0.3, -0.25) is 10.1 Å². The largest absolute Gasteiger partial charge is 0.477 e. The Morgan fingerprint density at radius 3 is 2.46 bits per heavy atom. The summed E-state index contributed by atoms with van der Waals surface area (Å²) in [5, 5.41) is 20.6. The van der Waals surface area contributed by atoms with Crippen LogP contribution in [0.3, 0.4) is 0 Å². The lowest BCUT2D eigenvalue weighted by molar-refractivity contribution is -0.112. The van der Waals surface area contributed by atoms with Gasteiger partial charge >= 0.3 is 5.97 Å². The minimum absolute atomic E-state index is 0.122. The maximum atomic E-state index is 12.0. The van der Waals surface area contributed by atoms with Crippen molar-refractivity contribution in [2.24, 2.45) is 0 Å². The lowest BCUT2D eigenvalue weighted by Crippen LogP contribution is -2.11. The van der Waals surface area contributed by atoms with E-state index in [0.29, 0.717) is 17.0 Å². The highest BCUT2D eigenvalue weighted by atomic mass is 16.5. The molecular weight excluding hydrogens is 360 g/mol. The second-order valence-corrected chi connectivity index (χ2v) is 6.54. The van der Waals surface area contributed by atoms with Crippen LogP contribution in [0.25, 0.3) is 16.9 Å². The predicted molar refractivity (Wildman–Crippen MR) is 104 cm³/mol. The number of anilines is 1. The number of benzene rings is 1. The molecule has 1 amide bonds. The third kappa shape index (κ3) is 3.57. The number of allylic oxidation sites excluding steroid dienone is 1. The Bertz CT molecular complexity index is 1070. The van der Waals surface area contributed by atoms with Gasteiger partial charge in [0.2, 0.25) is 5.88 Å². The highest BCUT2D eigenvalue weighted by Gasteiger charge is 2.28. The highest BCUT2D eigenvalue weighted by molar-refractivity contribution is 6.06. The summed E-state index contributed by atoms with van der Waals surface area (Å²) in [4.78, 5) is 23.9. The van der Waals surface area contributed by atoms with Gasteiger partial charge in [-0.05, 0) is 39.8 Å². The summed E-state index contributed by atoms with van der Waals surface area (Å²) in [5.74, 6) is -1.95. The Morgan fingerprint density at radius 1 is 1.18 bits per heavy atom. The maximum absolute atomic E-state index is 12.0. The first kappa shape index (κ1) is 19.1. The van der Waals surface area contributed by atoms with Crippen molar-refractivity contribution in [3.05, 3.63) is 58.9 Å². The van der Waals surface area contributed by atoms with Crippen LogP contribution in [0.5, 0.6) is 0 Å². The van der Waals surface area contributed by atoms with Crippen molar-refractivity contribution >= 4 is 17.8 Å². The van der Waals surface area contributed by atoms with Gasteiger partial charge in [0.25, 0.3) is 5.91 Å². The Labute approximate surface area is 161 Å².